The van der Waals surface area contributed by atoms with Crippen LogP contribution in [0.15, 0.2) is 89.6 Å². The summed E-state index contributed by atoms with van der Waals surface area (Å²) in [4.78, 5) is 29.6. The van der Waals surface area contributed by atoms with Crippen molar-refractivity contribution in [2.24, 2.45) is 0 Å². The number of nitrogens with zero attached hydrogens (tertiary/aromatic N) is 2. The van der Waals surface area contributed by atoms with Crippen molar-refractivity contribution in [1.29, 1.82) is 0 Å². The molecule has 0 atom stereocenters. The molecule has 0 radical (unpaired) electrons. The van der Waals surface area contributed by atoms with Crippen molar-refractivity contribution in [2.75, 3.05) is 6.54 Å². The van der Waals surface area contributed by atoms with E-state index in [1.165, 1.54) is 0 Å². The van der Waals surface area contributed by atoms with Gasteiger partial charge in [-0.2, -0.15) is 0 Å². The fourth-order valence-corrected chi connectivity index (χ4v) is 3.47. The standard InChI is InChI=1S/C26H26N2O3/c29-25(16-13-21-8-3-1-4-9-21)28(23-14-15-23)20-26(30)27(19-24-12-7-17-31-24)18-22-10-5-2-6-11-22/h1-13,16-17,23H,14-15,18-20H2. The van der Waals surface area contributed by atoms with Crippen LogP contribution in [0.3, 0.4) is 0 Å². The van der Waals surface area contributed by atoms with E-state index < -0.39 is 0 Å². The van der Waals surface area contributed by atoms with Crippen LogP contribution in [-0.4, -0.2) is 34.2 Å². The number of furan rings is 1. The van der Waals surface area contributed by atoms with Crippen LogP contribution in [-0.2, 0) is 22.7 Å². The molecule has 2 aromatic carbocycles. The quantitative estimate of drug-likeness (QED) is 0.484. The predicted octanol–water partition coefficient (Wildman–Crippen LogP) is 4.51. The molecular weight excluding hydrogens is 388 g/mol. The average Bonchev–Trinajstić information content (AvgIpc) is 3.52. The van der Waals surface area contributed by atoms with E-state index in [2.05, 4.69) is 0 Å². The maximum atomic E-state index is 13.3. The molecule has 0 unspecified atom stereocenters. The fraction of sp³-hybridized carbons (Fsp3) is 0.231. The summed E-state index contributed by atoms with van der Waals surface area (Å²) < 4.78 is 5.47. The van der Waals surface area contributed by atoms with E-state index in [1.807, 2.05) is 72.8 Å². The minimum atomic E-state index is -0.127. The Bertz CT molecular complexity index is 1010. The zero-order valence-corrected chi connectivity index (χ0v) is 17.4. The molecule has 0 saturated heterocycles. The summed E-state index contributed by atoms with van der Waals surface area (Å²) in [6.45, 7) is 0.899. The predicted molar refractivity (Wildman–Crippen MR) is 120 cm³/mol. The van der Waals surface area contributed by atoms with Crippen LogP contribution in [0.1, 0.15) is 29.7 Å². The normalized spacial score (nSPS) is 13.3. The van der Waals surface area contributed by atoms with Gasteiger partial charge in [-0.25, -0.2) is 0 Å². The van der Waals surface area contributed by atoms with Crippen LogP contribution in [0, 0.1) is 0 Å². The first-order valence-corrected chi connectivity index (χ1v) is 10.6. The molecule has 0 N–H and O–H groups in total. The van der Waals surface area contributed by atoms with Crippen molar-refractivity contribution in [2.45, 2.75) is 32.0 Å². The number of hydrogen-bond acceptors (Lipinski definition) is 3. The minimum absolute atomic E-state index is 0.0656. The Morgan fingerprint density at radius 1 is 0.903 bits per heavy atom. The SMILES string of the molecule is O=C(CN(C(=O)C=Cc1ccccc1)C1CC1)N(Cc1ccccc1)Cc1ccco1. The first-order chi connectivity index (χ1) is 15.2. The van der Waals surface area contributed by atoms with Crippen molar-refractivity contribution >= 4 is 17.9 Å². The van der Waals surface area contributed by atoms with E-state index in [0.717, 1.165) is 29.7 Å². The summed E-state index contributed by atoms with van der Waals surface area (Å²) in [6.07, 6.45) is 6.85. The monoisotopic (exact) mass is 414 g/mol. The largest absolute Gasteiger partial charge is 0.467 e. The molecule has 0 bridgehead atoms. The molecule has 2 amide bonds. The molecule has 4 rings (SSSR count). The lowest BCUT2D eigenvalue weighted by Crippen LogP contribution is -2.43. The first-order valence-electron chi connectivity index (χ1n) is 10.6. The average molecular weight is 415 g/mol. The Hall–Kier alpha value is -3.60. The third kappa shape index (κ3) is 5.95. The Morgan fingerprint density at radius 3 is 2.26 bits per heavy atom. The molecule has 1 heterocycles. The molecular formula is C26H26N2O3. The Morgan fingerprint density at radius 2 is 1.61 bits per heavy atom. The van der Waals surface area contributed by atoms with Gasteiger partial charge in [0.05, 0.1) is 12.8 Å². The highest BCUT2D eigenvalue weighted by atomic mass is 16.3. The summed E-state index contributed by atoms with van der Waals surface area (Å²) >= 11 is 0. The number of hydrogen-bond donors (Lipinski definition) is 0. The van der Waals surface area contributed by atoms with Gasteiger partial charge in [-0.3, -0.25) is 9.59 Å². The van der Waals surface area contributed by atoms with Crippen molar-refractivity contribution in [3.05, 3.63) is 102 Å². The summed E-state index contributed by atoms with van der Waals surface area (Å²) in [5.41, 5.74) is 2.00. The lowest BCUT2D eigenvalue weighted by atomic mass is 10.2. The Labute approximate surface area is 182 Å². The molecule has 5 nitrogen and oxygen atoms in total. The van der Waals surface area contributed by atoms with Crippen LogP contribution < -0.4 is 0 Å². The Balaban J connectivity index is 1.46. The highest BCUT2D eigenvalue weighted by molar-refractivity contribution is 5.94. The first kappa shape index (κ1) is 20.7. The van der Waals surface area contributed by atoms with E-state index >= 15 is 0 Å². The van der Waals surface area contributed by atoms with Crippen LogP contribution in [0.4, 0.5) is 0 Å². The number of carbonyl (C=O) groups is 2. The second-order valence-corrected chi connectivity index (χ2v) is 7.76. The van der Waals surface area contributed by atoms with Gasteiger partial charge in [-0.15, -0.1) is 0 Å². The second-order valence-electron chi connectivity index (χ2n) is 7.76. The zero-order chi connectivity index (χ0) is 21.5. The van der Waals surface area contributed by atoms with Crippen molar-refractivity contribution < 1.29 is 14.0 Å². The molecule has 5 heteroatoms. The summed E-state index contributed by atoms with van der Waals surface area (Å²) in [5, 5.41) is 0. The van der Waals surface area contributed by atoms with Crippen LogP contribution in [0.5, 0.6) is 0 Å². The van der Waals surface area contributed by atoms with Gasteiger partial charge >= 0.3 is 0 Å². The van der Waals surface area contributed by atoms with Gasteiger partial charge in [0.1, 0.15) is 12.3 Å². The number of carbonyl (C=O) groups excluding carboxylic acids is 2. The van der Waals surface area contributed by atoms with Crippen LogP contribution in [0.2, 0.25) is 0 Å². The van der Waals surface area contributed by atoms with E-state index in [1.54, 1.807) is 28.2 Å². The molecule has 1 aromatic heterocycles. The van der Waals surface area contributed by atoms with Crippen molar-refractivity contribution in [1.82, 2.24) is 9.80 Å². The van der Waals surface area contributed by atoms with Gasteiger partial charge in [0.2, 0.25) is 11.8 Å². The van der Waals surface area contributed by atoms with Crippen molar-refractivity contribution in [3.63, 3.8) is 0 Å². The van der Waals surface area contributed by atoms with E-state index in [4.69, 9.17) is 4.42 Å². The third-order valence-electron chi connectivity index (χ3n) is 5.29. The highest BCUT2D eigenvalue weighted by Gasteiger charge is 2.34. The zero-order valence-electron chi connectivity index (χ0n) is 17.4. The van der Waals surface area contributed by atoms with Gasteiger partial charge in [-0.05, 0) is 42.2 Å². The van der Waals surface area contributed by atoms with Gasteiger partial charge in [0, 0.05) is 18.7 Å². The smallest absolute Gasteiger partial charge is 0.247 e. The van der Waals surface area contributed by atoms with Crippen LogP contribution >= 0.6 is 0 Å². The minimum Gasteiger partial charge on any atom is -0.467 e. The summed E-state index contributed by atoms with van der Waals surface area (Å²) in [6, 6.07) is 23.4. The summed E-state index contributed by atoms with van der Waals surface area (Å²) in [7, 11) is 0. The maximum absolute atomic E-state index is 13.3. The second kappa shape index (κ2) is 9.94. The maximum Gasteiger partial charge on any atom is 0.247 e. The lowest BCUT2D eigenvalue weighted by molar-refractivity contribution is -0.139. The molecule has 1 fully saturated rings. The van der Waals surface area contributed by atoms with Crippen LogP contribution in [0.25, 0.3) is 6.08 Å². The molecule has 1 aliphatic carbocycles. The molecule has 158 valence electrons. The molecule has 3 aromatic rings. The third-order valence-corrected chi connectivity index (χ3v) is 5.29. The van der Waals surface area contributed by atoms with E-state index in [0.29, 0.717) is 13.1 Å². The fourth-order valence-electron chi connectivity index (χ4n) is 3.47. The van der Waals surface area contributed by atoms with E-state index in [9.17, 15) is 9.59 Å². The highest BCUT2D eigenvalue weighted by Crippen LogP contribution is 2.27. The van der Waals surface area contributed by atoms with Gasteiger partial charge in [0.15, 0.2) is 0 Å². The topological polar surface area (TPSA) is 53.8 Å². The number of benzene rings is 2. The molecule has 0 aliphatic heterocycles. The molecule has 31 heavy (non-hydrogen) atoms. The van der Waals surface area contributed by atoms with Crippen molar-refractivity contribution in [3.8, 4) is 0 Å². The number of amides is 2. The molecule has 1 saturated carbocycles. The molecule has 0 spiro atoms. The summed E-state index contributed by atoms with van der Waals surface area (Å²) in [5.74, 6) is 0.503. The lowest BCUT2D eigenvalue weighted by Gasteiger charge is -2.27. The van der Waals surface area contributed by atoms with Gasteiger partial charge in [0.25, 0.3) is 0 Å². The Kier molecular flexibility index (Phi) is 6.62. The van der Waals surface area contributed by atoms with E-state index in [-0.39, 0.29) is 24.4 Å². The van der Waals surface area contributed by atoms with Gasteiger partial charge in [-0.1, -0.05) is 60.7 Å². The molecule has 1 aliphatic rings. The number of rotatable bonds is 9. The van der Waals surface area contributed by atoms with Gasteiger partial charge < -0.3 is 14.2 Å².